The van der Waals surface area contributed by atoms with Crippen molar-refractivity contribution in [1.82, 2.24) is 14.5 Å². The van der Waals surface area contributed by atoms with Crippen LogP contribution in [0.4, 0.5) is 13.2 Å². The molecule has 5 nitrogen and oxygen atoms in total. The number of hydrogen-bond acceptors (Lipinski definition) is 3. The highest BCUT2D eigenvalue weighted by Crippen LogP contribution is 2.55. The van der Waals surface area contributed by atoms with Gasteiger partial charge >= 0.3 is 0 Å². The van der Waals surface area contributed by atoms with Crippen LogP contribution in [0.3, 0.4) is 0 Å². The maximum Gasteiger partial charge on any atom is 0.274 e. The third-order valence-corrected chi connectivity index (χ3v) is 7.52. The minimum Gasteiger partial charge on any atom is -0.345 e. The number of nitrogens with zero attached hydrogens (tertiary/aromatic N) is 3. The van der Waals surface area contributed by atoms with Gasteiger partial charge in [-0.15, -0.1) is 0 Å². The monoisotopic (exact) mass is 551 g/mol. The predicted molar refractivity (Wildman–Crippen MR) is 144 cm³/mol. The van der Waals surface area contributed by atoms with E-state index in [0.717, 1.165) is 12.0 Å². The smallest absolute Gasteiger partial charge is 0.274 e. The average Bonchev–Trinajstić information content (AvgIpc) is 3.69. The molecule has 1 saturated carbocycles. The fourth-order valence-electron chi connectivity index (χ4n) is 5.05. The van der Waals surface area contributed by atoms with Crippen molar-refractivity contribution < 1.29 is 18.0 Å². The molecule has 1 amide bonds. The van der Waals surface area contributed by atoms with E-state index in [9.17, 15) is 14.0 Å². The zero-order chi connectivity index (χ0) is 28.2. The molecule has 200 valence electrons. The van der Waals surface area contributed by atoms with Gasteiger partial charge in [-0.2, -0.15) is 0 Å². The first kappa shape index (κ1) is 26.7. The Balaban J connectivity index is 1.59. The van der Waals surface area contributed by atoms with Gasteiger partial charge in [-0.25, -0.2) is 13.2 Å². The van der Waals surface area contributed by atoms with E-state index in [1.54, 1.807) is 32.0 Å². The van der Waals surface area contributed by atoms with Crippen molar-refractivity contribution in [2.24, 2.45) is 0 Å². The van der Waals surface area contributed by atoms with Crippen LogP contribution >= 0.6 is 11.6 Å². The predicted octanol–water partition coefficient (Wildman–Crippen LogP) is 6.56. The number of halogens is 4. The molecule has 2 heterocycles. The maximum absolute atomic E-state index is 16.1. The van der Waals surface area contributed by atoms with Crippen LogP contribution in [-0.2, 0) is 0 Å². The Morgan fingerprint density at radius 3 is 2.38 bits per heavy atom. The fourth-order valence-corrected chi connectivity index (χ4v) is 5.33. The average molecular weight is 552 g/mol. The molecule has 1 aliphatic carbocycles. The molecular formula is C30H25ClF3N3O2. The van der Waals surface area contributed by atoms with Gasteiger partial charge in [-0.1, -0.05) is 29.8 Å². The van der Waals surface area contributed by atoms with Crippen molar-refractivity contribution in [2.45, 2.75) is 32.1 Å². The molecule has 2 aromatic carbocycles. The van der Waals surface area contributed by atoms with E-state index in [4.69, 9.17) is 11.6 Å². The second kappa shape index (κ2) is 10.0. The van der Waals surface area contributed by atoms with Gasteiger partial charge in [0.25, 0.3) is 11.5 Å². The summed E-state index contributed by atoms with van der Waals surface area (Å²) in [4.78, 5) is 31.3. The molecule has 9 heteroatoms. The molecule has 1 aliphatic rings. The van der Waals surface area contributed by atoms with Crippen LogP contribution in [0.2, 0.25) is 5.02 Å². The van der Waals surface area contributed by atoms with Crippen molar-refractivity contribution in [3.63, 3.8) is 0 Å². The first-order valence-corrected chi connectivity index (χ1v) is 12.7. The molecular weight excluding hydrogens is 527 g/mol. The zero-order valence-corrected chi connectivity index (χ0v) is 22.5. The molecule has 0 saturated heterocycles. The van der Waals surface area contributed by atoms with E-state index in [1.165, 1.54) is 60.1 Å². The number of pyridine rings is 2. The summed E-state index contributed by atoms with van der Waals surface area (Å²) in [5, 5.41) is -0.0304. The van der Waals surface area contributed by atoms with E-state index in [2.05, 4.69) is 4.98 Å². The summed E-state index contributed by atoms with van der Waals surface area (Å²) < 4.78 is 46.0. The van der Waals surface area contributed by atoms with Crippen molar-refractivity contribution in [3.8, 4) is 16.9 Å². The molecule has 0 aliphatic heterocycles. The van der Waals surface area contributed by atoms with Crippen LogP contribution in [0.15, 0.2) is 59.5 Å². The number of rotatable bonds is 5. The summed E-state index contributed by atoms with van der Waals surface area (Å²) in [6, 6.07) is 12.1. The Bertz CT molecular complexity index is 1680. The molecule has 0 spiro atoms. The lowest BCUT2D eigenvalue weighted by Gasteiger charge is -2.18. The lowest BCUT2D eigenvalue weighted by molar-refractivity contribution is 0.0823. The first-order valence-electron chi connectivity index (χ1n) is 12.3. The van der Waals surface area contributed by atoms with Crippen LogP contribution in [0.5, 0.6) is 0 Å². The van der Waals surface area contributed by atoms with Gasteiger partial charge in [0.2, 0.25) is 0 Å². The molecule has 0 N–H and O–H groups in total. The van der Waals surface area contributed by atoms with Crippen molar-refractivity contribution in [2.75, 3.05) is 14.1 Å². The molecule has 0 bridgehead atoms. The summed E-state index contributed by atoms with van der Waals surface area (Å²) in [7, 11) is 2.98. The first-order chi connectivity index (χ1) is 18.5. The van der Waals surface area contributed by atoms with Crippen molar-refractivity contribution >= 4 is 17.5 Å². The van der Waals surface area contributed by atoms with Gasteiger partial charge in [-0.05, 0) is 79.1 Å². The molecule has 1 fully saturated rings. The highest BCUT2D eigenvalue weighted by Gasteiger charge is 2.41. The highest BCUT2D eigenvalue weighted by molar-refractivity contribution is 6.31. The second-order valence-electron chi connectivity index (χ2n) is 10.0. The van der Waals surface area contributed by atoms with E-state index in [-0.39, 0.29) is 45.2 Å². The normalized spacial score (nSPS) is 16.3. The summed E-state index contributed by atoms with van der Waals surface area (Å²) in [5.74, 6) is -2.63. The van der Waals surface area contributed by atoms with E-state index in [0.29, 0.717) is 16.8 Å². The number of carbonyl (C=O) groups is 1. The zero-order valence-electron chi connectivity index (χ0n) is 21.7. The van der Waals surface area contributed by atoms with E-state index in [1.807, 2.05) is 0 Å². The summed E-state index contributed by atoms with van der Waals surface area (Å²) in [6.45, 7) is 3.27. The molecule has 1 unspecified atom stereocenters. The molecule has 2 atom stereocenters. The van der Waals surface area contributed by atoms with Crippen LogP contribution < -0.4 is 5.56 Å². The summed E-state index contributed by atoms with van der Waals surface area (Å²) in [5.41, 5.74) is 0.957. The molecule has 5 rings (SSSR count). The van der Waals surface area contributed by atoms with Gasteiger partial charge in [-0.3, -0.25) is 19.1 Å². The largest absolute Gasteiger partial charge is 0.345 e. The Morgan fingerprint density at radius 1 is 1.03 bits per heavy atom. The van der Waals surface area contributed by atoms with Crippen LogP contribution in [-0.4, -0.2) is 34.5 Å². The third kappa shape index (κ3) is 4.63. The Kier molecular flexibility index (Phi) is 6.84. The highest BCUT2D eigenvalue weighted by atomic mass is 35.5. The topological polar surface area (TPSA) is 55.2 Å². The van der Waals surface area contributed by atoms with E-state index >= 15 is 8.78 Å². The van der Waals surface area contributed by atoms with Crippen LogP contribution in [0.25, 0.3) is 16.9 Å². The van der Waals surface area contributed by atoms with Gasteiger partial charge in [0.1, 0.15) is 22.4 Å². The Morgan fingerprint density at radius 2 is 1.72 bits per heavy atom. The summed E-state index contributed by atoms with van der Waals surface area (Å²) in [6.07, 6.45) is 2.11. The standard InChI is InChI=1S/C30H25ClF3N3O2/c1-15-14-35-27(19-6-5-7-20(25(19)33)29(38)36(3)4)26(34)28(15)37-16(2)12-23(24(31)30(37)39)22-13-21(22)17-8-10-18(32)11-9-17/h5-12,14,21-22H,13H2,1-4H3/t21?,22-/m1/s1. The van der Waals surface area contributed by atoms with Crippen molar-refractivity contribution in [3.05, 3.63) is 116 Å². The van der Waals surface area contributed by atoms with Gasteiger partial charge < -0.3 is 4.90 Å². The van der Waals surface area contributed by atoms with Crippen LogP contribution in [0, 0.1) is 31.3 Å². The van der Waals surface area contributed by atoms with Gasteiger partial charge in [0.05, 0.1) is 11.3 Å². The number of aryl methyl sites for hydroxylation is 2. The van der Waals surface area contributed by atoms with E-state index < -0.39 is 23.1 Å². The Labute approximate surface area is 228 Å². The molecule has 2 aromatic heterocycles. The van der Waals surface area contributed by atoms with Gasteiger partial charge in [0.15, 0.2) is 5.82 Å². The molecule has 39 heavy (non-hydrogen) atoms. The van der Waals surface area contributed by atoms with Gasteiger partial charge in [0, 0.05) is 31.5 Å². The number of benzene rings is 2. The SMILES string of the molecule is Cc1cnc(-c2cccc(C(=O)N(C)C)c2F)c(F)c1-n1c(C)cc([C@@H]2CC2c2ccc(F)cc2)c(Cl)c1=O. The number of amides is 1. The van der Waals surface area contributed by atoms with Crippen molar-refractivity contribution in [1.29, 1.82) is 0 Å². The third-order valence-electron chi connectivity index (χ3n) is 7.14. The second-order valence-corrected chi connectivity index (χ2v) is 10.4. The maximum atomic E-state index is 16.1. The fraction of sp³-hybridized carbons (Fsp3) is 0.233. The number of aromatic nitrogens is 2. The minimum absolute atomic E-state index is 0.0194. The van der Waals surface area contributed by atoms with Crippen LogP contribution in [0.1, 0.15) is 51.0 Å². The molecule has 4 aromatic rings. The number of hydrogen-bond donors (Lipinski definition) is 0. The lowest BCUT2D eigenvalue weighted by atomic mass is 10.0. The molecule has 0 radical (unpaired) electrons. The summed E-state index contributed by atoms with van der Waals surface area (Å²) >= 11 is 6.57. The lowest BCUT2D eigenvalue weighted by Crippen LogP contribution is -2.25. The quantitative estimate of drug-likeness (QED) is 0.282. The Hall–Kier alpha value is -3.91. The minimum atomic E-state index is -0.909. The number of carbonyl (C=O) groups excluding carboxylic acids is 1.